The van der Waals surface area contributed by atoms with Crippen LogP contribution in [0.5, 0.6) is 0 Å². The summed E-state index contributed by atoms with van der Waals surface area (Å²) in [6, 6.07) is 7.02. The lowest BCUT2D eigenvalue weighted by molar-refractivity contribution is 0.598. The van der Waals surface area contributed by atoms with Gasteiger partial charge >= 0.3 is 0 Å². The lowest BCUT2D eigenvalue weighted by atomic mass is 10.1. The minimum atomic E-state index is -3.69. The maximum Gasteiger partial charge on any atom is 0.280 e. The van der Waals surface area contributed by atoms with Gasteiger partial charge in [-0.3, -0.25) is 4.72 Å². The molecule has 1 N–H and O–H groups in total. The van der Waals surface area contributed by atoms with Gasteiger partial charge in [-0.2, -0.15) is 8.42 Å². The van der Waals surface area contributed by atoms with Gasteiger partial charge in [0.15, 0.2) is 5.03 Å². The van der Waals surface area contributed by atoms with Gasteiger partial charge in [0.25, 0.3) is 10.0 Å². The first-order valence-corrected chi connectivity index (χ1v) is 7.56. The van der Waals surface area contributed by atoms with Crippen molar-refractivity contribution in [2.45, 2.75) is 17.3 Å². The third-order valence-electron chi connectivity index (χ3n) is 2.59. The van der Waals surface area contributed by atoms with E-state index < -0.39 is 10.0 Å². The first kappa shape index (κ1) is 13.9. The van der Waals surface area contributed by atoms with Gasteiger partial charge in [-0.05, 0) is 18.6 Å². The number of alkyl halides is 1. The Kier molecular flexibility index (Phi) is 3.82. The van der Waals surface area contributed by atoms with Gasteiger partial charge in [0.2, 0.25) is 0 Å². The quantitative estimate of drug-likeness (QED) is 0.882. The summed E-state index contributed by atoms with van der Waals surface area (Å²) >= 11 is 6.03. The smallest absolute Gasteiger partial charge is 0.280 e. The average molecular weight is 300 g/mol. The lowest BCUT2D eigenvalue weighted by Crippen LogP contribution is -2.14. The predicted octanol–water partition coefficient (Wildman–Crippen LogP) is 2.52. The normalized spacial score (nSPS) is 13.2. The molecule has 7 heteroatoms. The standard InChI is InChI=1S/C12H14ClN3O2S/c1-9(13)10-5-3-4-6-11(10)15-19(17,18)12-7-16(2)8-14-12/h3-9,15H,1-2H3. The van der Waals surface area contributed by atoms with Gasteiger partial charge in [-0.15, -0.1) is 11.6 Å². The van der Waals surface area contributed by atoms with E-state index in [9.17, 15) is 8.42 Å². The van der Waals surface area contributed by atoms with Crippen LogP contribution in [0.25, 0.3) is 0 Å². The second-order valence-electron chi connectivity index (χ2n) is 4.19. The van der Waals surface area contributed by atoms with Crippen molar-refractivity contribution in [3.05, 3.63) is 42.4 Å². The molecule has 1 unspecified atom stereocenters. The van der Waals surface area contributed by atoms with Gasteiger partial charge in [0.1, 0.15) is 0 Å². The molecule has 102 valence electrons. The van der Waals surface area contributed by atoms with Crippen LogP contribution in [0.3, 0.4) is 0 Å². The molecule has 0 radical (unpaired) electrons. The Morgan fingerprint density at radius 2 is 2.05 bits per heavy atom. The molecule has 1 aromatic carbocycles. The highest BCUT2D eigenvalue weighted by molar-refractivity contribution is 7.92. The molecule has 0 fully saturated rings. The summed E-state index contributed by atoms with van der Waals surface area (Å²) in [7, 11) is -1.98. The van der Waals surface area contributed by atoms with Gasteiger partial charge in [0, 0.05) is 13.2 Å². The third-order valence-corrected chi connectivity index (χ3v) is 4.08. The summed E-state index contributed by atoms with van der Waals surface area (Å²) in [5, 5.41) is -0.310. The molecular formula is C12H14ClN3O2S. The van der Waals surface area contributed by atoms with Crippen LogP contribution in [-0.2, 0) is 17.1 Å². The van der Waals surface area contributed by atoms with Crippen LogP contribution < -0.4 is 4.72 Å². The Morgan fingerprint density at radius 1 is 1.37 bits per heavy atom. The largest absolute Gasteiger partial charge is 0.339 e. The Morgan fingerprint density at radius 3 is 2.63 bits per heavy atom. The number of sulfonamides is 1. The molecule has 2 aromatic rings. The highest BCUT2D eigenvalue weighted by atomic mass is 35.5. The zero-order chi connectivity index (χ0) is 14.0. The van der Waals surface area contributed by atoms with E-state index in [0.29, 0.717) is 5.69 Å². The Hall–Kier alpha value is -1.53. The Balaban J connectivity index is 2.36. The summed E-state index contributed by atoms with van der Waals surface area (Å²) in [6.07, 6.45) is 2.87. The number of aryl methyl sites for hydroxylation is 1. The fraction of sp³-hybridized carbons (Fsp3) is 0.250. The van der Waals surface area contributed by atoms with Crippen molar-refractivity contribution in [2.24, 2.45) is 7.05 Å². The molecule has 0 aliphatic heterocycles. The van der Waals surface area contributed by atoms with Crippen LogP contribution in [0.2, 0.25) is 0 Å². The van der Waals surface area contributed by atoms with Crippen LogP contribution in [0.4, 0.5) is 5.69 Å². The number of halogens is 1. The predicted molar refractivity (Wildman–Crippen MR) is 74.7 cm³/mol. The van der Waals surface area contributed by atoms with E-state index in [1.807, 2.05) is 6.07 Å². The van der Waals surface area contributed by atoms with E-state index in [0.717, 1.165) is 5.56 Å². The zero-order valence-corrected chi connectivity index (χ0v) is 12.1. The van der Waals surface area contributed by atoms with Crippen molar-refractivity contribution in [3.63, 3.8) is 0 Å². The second kappa shape index (κ2) is 5.22. The number of nitrogens with zero attached hydrogens (tertiary/aromatic N) is 2. The average Bonchev–Trinajstić information content (AvgIpc) is 2.76. The van der Waals surface area contributed by atoms with Crippen LogP contribution in [-0.4, -0.2) is 18.0 Å². The molecule has 0 aliphatic carbocycles. The highest BCUT2D eigenvalue weighted by Gasteiger charge is 2.19. The first-order chi connectivity index (χ1) is 8.90. The van der Waals surface area contributed by atoms with Crippen LogP contribution >= 0.6 is 11.6 Å². The number of anilines is 1. The van der Waals surface area contributed by atoms with E-state index in [1.165, 1.54) is 12.5 Å². The topological polar surface area (TPSA) is 64.0 Å². The maximum absolute atomic E-state index is 12.2. The van der Waals surface area contributed by atoms with Crippen molar-refractivity contribution >= 4 is 27.3 Å². The molecule has 19 heavy (non-hydrogen) atoms. The molecule has 0 spiro atoms. The van der Waals surface area contributed by atoms with E-state index in [2.05, 4.69) is 9.71 Å². The maximum atomic E-state index is 12.2. The molecule has 1 aromatic heterocycles. The van der Waals surface area contributed by atoms with Crippen molar-refractivity contribution in [2.75, 3.05) is 4.72 Å². The zero-order valence-electron chi connectivity index (χ0n) is 10.5. The Bertz CT molecular complexity index is 680. The molecule has 5 nitrogen and oxygen atoms in total. The van der Waals surface area contributed by atoms with Crippen molar-refractivity contribution in [1.82, 2.24) is 9.55 Å². The van der Waals surface area contributed by atoms with Crippen molar-refractivity contribution in [1.29, 1.82) is 0 Å². The summed E-state index contributed by atoms with van der Waals surface area (Å²) in [6.45, 7) is 1.79. The minimum Gasteiger partial charge on any atom is -0.339 e. The minimum absolute atomic E-state index is 0.0213. The number of nitrogens with one attached hydrogen (secondary N) is 1. The van der Waals surface area contributed by atoms with Crippen molar-refractivity contribution in [3.8, 4) is 0 Å². The fourth-order valence-electron chi connectivity index (χ4n) is 1.66. The van der Waals surface area contributed by atoms with E-state index >= 15 is 0 Å². The molecular weight excluding hydrogens is 286 g/mol. The Labute approximate surface area is 117 Å². The fourth-order valence-corrected chi connectivity index (χ4v) is 2.92. The number of rotatable bonds is 4. The van der Waals surface area contributed by atoms with Gasteiger partial charge < -0.3 is 4.57 Å². The monoisotopic (exact) mass is 299 g/mol. The number of aromatic nitrogens is 2. The summed E-state index contributed by atoms with van der Waals surface area (Å²) < 4.78 is 28.4. The highest BCUT2D eigenvalue weighted by Crippen LogP contribution is 2.28. The van der Waals surface area contributed by atoms with Gasteiger partial charge in [-0.1, -0.05) is 18.2 Å². The SMILES string of the molecule is CC(Cl)c1ccccc1NS(=O)(=O)c1cn(C)cn1. The summed E-state index contributed by atoms with van der Waals surface area (Å²) in [5.41, 5.74) is 1.19. The molecule has 0 amide bonds. The lowest BCUT2D eigenvalue weighted by Gasteiger charge is -2.12. The summed E-state index contributed by atoms with van der Waals surface area (Å²) in [4.78, 5) is 3.84. The number of imidazole rings is 1. The molecule has 1 atom stereocenters. The van der Waals surface area contributed by atoms with E-state index in [4.69, 9.17) is 11.6 Å². The number of hydrogen-bond donors (Lipinski definition) is 1. The number of hydrogen-bond acceptors (Lipinski definition) is 3. The van der Waals surface area contributed by atoms with Gasteiger partial charge in [-0.25, -0.2) is 4.98 Å². The second-order valence-corrected chi connectivity index (χ2v) is 6.47. The first-order valence-electron chi connectivity index (χ1n) is 5.64. The van der Waals surface area contributed by atoms with Crippen LogP contribution in [0.15, 0.2) is 41.8 Å². The van der Waals surface area contributed by atoms with E-state index in [-0.39, 0.29) is 10.4 Å². The molecule has 0 saturated heterocycles. The molecule has 2 rings (SSSR count). The third kappa shape index (κ3) is 3.08. The van der Waals surface area contributed by atoms with E-state index in [1.54, 1.807) is 36.7 Å². The number of benzene rings is 1. The van der Waals surface area contributed by atoms with Crippen LogP contribution in [0, 0.1) is 0 Å². The van der Waals surface area contributed by atoms with Crippen molar-refractivity contribution < 1.29 is 8.42 Å². The molecule has 1 heterocycles. The molecule has 0 bridgehead atoms. The molecule has 0 aliphatic rings. The number of para-hydroxylation sites is 1. The van der Waals surface area contributed by atoms with Gasteiger partial charge in [0.05, 0.1) is 17.4 Å². The molecule has 0 saturated carbocycles. The summed E-state index contributed by atoms with van der Waals surface area (Å²) in [5.74, 6) is 0. The van der Waals surface area contributed by atoms with Crippen LogP contribution in [0.1, 0.15) is 17.9 Å².